The first-order chi connectivity index (χ1) is 11.3. The highest BCUT2D eigenvalue weighted by Gasteiger charge is 2.19. The highest BCUT2D eigenvalue weighted by molar-refractivity contribution is 5.80. The molecule has 1 unspecified atom stereocenters. The topological polar surface area (TPSA) is 58.8 Å². The lowest BCUT2D eigenvalue weighted by Crippen LogP contribution is -2.19. The standard InChI is InChI=1S/C18H19N3O2/c22-15-8-2-1-7-14(15)17-18(19-12-13-6-5-11-23-13)21-10-4-3-9-16(21)20-17/h1-4,7-10,13,19,22H,5-6,11-12H2. The van der Waals surface area contributed by atoms with Crippen molar-refractivity contribution < 1.29 is 9.84 Å². The van der Waals surface area contributed by atoms with Crippen LogP contribution in [0.2, 0.25) is 0 Å². The molecule has 3 heterocycles. The van der Waals surface area contributed by atoms with E-state index >= 15 is 0 Å². The van der Waals surface area contributed by atoms with Crippen LogP contribution in [0.4, 0.5) is 5.82 Å². The van der Waals surface area contributed by atoms with Gasteiger partial charge in [0.15, 0.2) is 0 Å². The van der Waals surface area contributed by atoms with Gasteiger partial charge in [0, 0.05) is 24.9 Å². The number of hydrogen-bond donors (Lipinski definition) is 2. The Morgan fingerprint density at radius 1 is 1.22 bits per heavy atom. The monoisotopic (exact) mass is 309 g/mol. The molecule has 1 aliphatic heterocycles. The number of ether oxygens (including phenoxy) is 1. The molecule has 1 atom stereocenters. The summed E-state index contributed by atoms with van der Waals surface area (Å²) in [6.07, 6.45) is 4.41. The summed E-state index contributed by atoms with van der Waals surface area (Å²) in [4.78, 5) is 4.69. The van der Waals surface area contributed by atoms with Gasteiger partial charge in [0.05, 0.1) is 6.10 Å². The minimum Gasteiger partial charge on any atom is -0.507 e. The lowest BCUT2D eigenvalue weighted by molar-refractivity contribution is 0.120. The quantitative estimate of drug-likeness (QED) is 0.776. The van der Waals surface area contributed by atoms with Crippen LogP contribution < -0.4 is 5.32 Å². The Morgan fingerprint density at radius 3 is 2.91 bits per heavy atom. The zero-order chi connectivity index (χ0) is 15.6. The fraction of sp³-hybridized carbons (Fsp3) is 0.278. The van der Waals surface area contributed by atoms with Crippen LogP contribution in [0.1, 0.15) is 12.8 Å². The van der Waals surface area contributed by atoms with E-state index in [0.717, 1.165) is 48.7 Å². The van der Waals surface area contributed by atoms with Gasteiger partial charge in [-0.05, 0) is 37.1 Å². The van der Waals surface area contributed by atoms with Crippen molar-refractivity contribution in [3.63, 3.8) is 0 Å². The summed E-state index contributed by atoms with van der Waals surface area (Å²) < 4.78 is 7.70. The van der Waals surface area contributed by atoms with E-state index in [1.807, 2.05) is 47.0 Å². The molecule has 2 aromatic heterocycles. The number of aromatic nitrogens is 2. The number of pyridine rings is 1. The molecule has 0 bridgehead atoms. The van der Waals surface area contributed by atoms with Crippen LogP contribution >= 0.6 is 0 Å². The average molecular weight is 309 g/mol. The number of anilines is 1. The molecule has 0 amide bonds. The van der Waals surface area contributed by atoms with Crippen LogP contribution in [-0.2, 0) is 4.74 Å². The molecule has 5 heteroatoms. The fourth-order valence-electron chi connectivity index (χ4n) is 3.04. The third-order valence-electron chi connectivity index (χ3n) is 4.21. The van der Waals surface area contributed by atoms with E-state index in [-0.39, 0.29) is 11.9 Å². The minimum atomic E-state index is 0.232. The first kappa shape index (κ1) is 14.1. The molecule has 118 valence electrons. The van der Waals surface area contributed by atoms with E-state index < -0.39 is 0 Å². The summed E-state index contributed by atoms with van der Waals surface area (Å²) in [5.41, 5.74) is 2.33. The smallest absolute Gasteiger partial charge is 0.139 e. The van der Waals surface area contributed by atoms with Crippen molar-refractivity contribution >= 4 is 11.5 Å². The van der Waals surface area contributed by atoms with Crippen LogP contribution in [0.5, 0.6) is 5.75 Å². The van der Waals surface area contributed by atoms with Crippen molar-refractivity contribution in [1.82, 2.24) is 9.38 Å². The number of fused-ring (bicyclic) bond motifs is 1. The maximum atomic E-state index is 10.2. The summed E-state index contributed by atoms with van der Waals surface area (Å²) in [6.45, 7) is 1.58. The van der Waals surface area contributed by atoms with Gasteiger partial charge < -0.3 is 15.2 Å². The molecular formula is C18H19N3O2. The second-order valence-electron chi connectivity index (χ2n) is 5.77. The molecule has 1 aliphatic rings. The van der Waals surface area contributed by atoms with Crippen molar-refractivity contribution in [3.8, 4) is 17.0 Å². The van der Waals surface area contributed by atoms with Crippen LogP contribution in [-0.4, -0.2) is 33.7 Å². The number of rotatable bonds is 4. The second kappa shape index (κ2) is 5.93. The number of nitrogens with one attached hydrogen (secondary N) is 1. The Labute approximate surface area is 134 Å². The van der Waals surface area contributed by atoms with Crippen molar-refractivity contribution in [2.75, 3.05) is 18.5 Å². The normalized spacial score (nSPS) is 17.7. The zero-order valence-corrected chi connectivity index (χ0v) is 12.8. The molecule has 0 aliphatic carbocycles. The van der Waals surface area contributed by atoms with E-state index in [9.17, 15) is 5.11 Å². The van der Waals surface area contributed by atoms with Gasteiger partial charge in [-0.1, -0.05) is 18.2 Å². The maximum Gasteiger partial charge on any atom is 0.139 e. The molecule has 1 aromatic carbocycles. The second-order valence-corrected chi connectivity index (χ2v) is 5.77. The van der Waals surface area contributed by atoms with Gasteiger partial charge in [-0.15, -0.1) is 0 Å². The largest absolute Gasteiger partial charge is 0.507 e. The SMILES string of the molecule is Oc1ccccc1-c1nc2ccccn2c1NCC1CCCO1. The number of imidazole rings is 1. The number of nitrogens with zero attached hydrogens (tertiary/aromatic N) is 2. The predicted molar refractivity (Wildman–Crippen MR) is 89.8 cm³/mol. The van der Waals surface area contributed by atoms with Crippen molar-refractivity contribution in [3.05, 3.63) is 48.7 Å². The fourth-order valence-corrected chi connectivity index (χ4v) is 3.04. The van der Waals surface area contributed by atoms with Crippen LogP contribution in [0.3, 0.4) is 0 Å². The average Bonchev–Trinajstić information content (AvgIpc) is 3.21. The van der Waals surface area contributed by atoms with Crippen LogP contribution in [0, 0.1) is 0 Å². The first-order valence-electron chi connectivity index (χ1n) is 7.94. The Hall–Kier alpha value is -2.53. The van der Waals surface area contributed by atoms with Crippen molar-refractivity contribution in [2.24, 2.45) is 0 Å². The molecular weight excluding hydrogens is 290 g/mol. The van der Waals surface area contributed by atoms with E-state index in [2.05, 4.69) is 10.3 Å². The Morgan fingerprint density at radius 2 is 2.09 bits per heavy atom. The number of hydrogen-bond acceptors (Lipinski definition) is 4. The van der Waals surface area contributed by atoms with Gasteiger partial charge in [0.25, 0.3) is 0 Å². The molecule has 4 rings (SSSR count). The van der Waals surface area contributed by atoms with Gasteiger partial charge in [0.2, 0.25) is 0 Å². The molecule has 3 aromatic rings. The van der Waals surface area contributed by atoms with E-state index in [1.165, 1.54) is 0 Å². The third-order valence-corrected chi connectivity index (χ3v) is 4.21. The van der Waals surface area contributed by atoms with E-state index in [4.69, 9.17) is 4.74 Å². The van der Waals surface area contributed by atoms with Gasteiger partial charge in [-0.3, -0.25) is 4.40 Å². The summed E-state index contributed by atoms with van der Waals surface area (Å²) in [7, 11) is 0. The van der Waals surface area contributed by atoms with Crippen LogP contribution in [0.25, 0.3) is 16.9 Å². The molecule has 2 N–H and O–H groups in total. The number of para-hydroxylation sites is 1. The van der Waals surface area contributed by atoms with Crippen molar-refractivity contribution in [2.45, 2.75) is 18.9 Å². The molecule has 1 fully saturated rings. The number of phenolic OH excluding ortho intramolecular Hbond substituents is 1. The molecule has 0 radical (unpaired) electrons. The summed E-state index contributed by atoms with van der Waals surface area (Å²) in [5, 5.41) is 13.7. The van der Waals surface area contributed by atoms with Crippen LogP contribution in [0.15, 0.2) is 48.7 Å². The van der Waals surface area contributed by atoms with Crippen molar-refractivity contribution in [1.29, 1.82) is 0 Å². The predicted octanol–water partition coefficient (Wildman–Crippen LogP) is 3.30. The lowest BCUT2D eigenvalue weighted by atomic mass is 10.1. The summed E-state index contributed by atoms with van der Waals surface area (Å²) >= 11 is 0. The Bertz CT molecular complexity index is 822. The maximum absolute atomic E-state index is 10.2. The summed E-state index contributed by atoms with van der Waals surface area (Å²) in [6, 6.07) is 13.2. The number of phenols is 1. The Kier molecular flexibility index (Phi) is 3.63. The lowest BCUT2D eigenvalue weighted by Gasteiger charge is -2.13. The van der Waals surface area contributed by atoms with Gasteiger partial charge in [-0.25, -0.2) is 4.98 Å². The Balaban J connectivity index is 1.76. The first-order valence-corrected chi connectivity index (χ1v) is 7.94. The highest BCUT2D eigenvalue weighted by Crippen LogP contribution is 2.34. The third kappa shape index (κ3) is 2.64. The molecule has 1 saturated heterocycles. The summed E-state index contributed by atoms with van der Waals surface area (Å²) in [5.74, 6) is 1.12. The molecule has 0 saturated carbocycles. The highest BCUT2D eigenvalue weighted by atomic mass is 16.5. The molecule has 5 nitrogen and oxygen atoms in total. The minimum absolute atomic E-state index is 0.232. The molecule has 23 heavy (non-hydrogen) atoms. The zero-order valence-electron chi connectivity index (χ0n) is 12.8. The molecule has 0 spiro atoms. The van der Waals surface area contributed by atoms with Gasteiger partial charge in [-0.2, -0.15) is 0 Å². The number of aromatic hydroxyl groups is 1. The van der Waals surface area contributed by atoms with E-state index in [0.29, 0.717) is 0 Å². The number of benzene rings is 1. The van der Waals surface area contributed by atoms with Gasteiger partial charge in [0.1, 0.15) is 22.9 Å². The van der Waals surface area contributed by atoms with E-state index in [1.54, 1.807) is 6.07 Å². The van der Waals surface area contributed by atoms with Gasteiger partial charge >= 0.3 is 0 Å².